The normalized spacial score (nSPS) is 14.5. The van der Waals surface area contributed by atoms with Gasteiger partial charge in [0.25, 0.3) is 0 Å². The summed E-state index contributed by atoms with van der Waals surface area (Å²) >= 11 is 0. The van der Waals surface area contributed by atoms with E-state index in [9.17, 15) is 0 Å². The van der Waals surface area contributed by atoms with E-state index in [1.165, 1.54) is 11.3 Å². The third kappa shape index (κ3) is 5.76. The Balaban J connectivity index is 0.00000261. The maximum absolute atomic E-state index is 5.50. The summed E-state index contributed by atoms with van der Waals surface area (Å²) in [7, 11) is 3.59. The highest BCUT2D eigenvalue weighted by atomic mass is 127. The summed E-state index contributed by atoms with van der Waals surface area (Å²) in [5, 5.41) is 3.50. The minimum atomic E-state index is 0. The number of methoxy groups -OCH3 is 1. The molecule has 1 aliphatic heterocycles. The van der Waals surface area contributed by atoms with E-state index in [2.05, 4.69) is 62.6 Å². The summed E-state index contributed by atoms with van der Waals surface area (Å²) in [6, 6.07) is 18.8. The molecule has 27 heavy (non-hydrogen) atoms. The SMILES string of the molecule is CN=C(NCCc1ccccc1)N1CCN(c2ccccc2OC)CC1.I. The van der Waals surface area contributed by atoms with Crippen molar-refractivity contribution in [1.29, 1.82) is 0 Å². The van der Waals surface area contributed by atoms with E-state index in [0.717, 1.165) is 50.9 Å². The highest BCUT2D eigenvalue weighted by Gasteiger charge is 2.21. The maximum Gasteiger partial charge on any atom is 0.193 e. The molecule has 6 heteroatoms. The number of rotatable bonds is 5. The van der Waals surface area contributed by atoms with Gasteiger partial charge in [-0.25, -0.2) is 0 Å². The van der Waals surface area contributed by atoms with Crippen LogP contribution in [0.4, 0.5) is 5.69 Å². The fraction of sp³-hybridized carbons (Fsp3) is 0.381. The summed E-state index contributed by atoms with van der Waals surface area (Å²) in [5.41, 5.74) is 2.51. The number of piperazine rings is 1. The third-order valence-corrected chi connectivity index (χ3v) is 4.76. The molecular weight excluding hydrogens is 451 g/mol. The average Bonchev–Trinajstić information content (AvgIpc) is 2.72. The lowest BCUT2D eigenvalue weighted by molar-refractivity contribution is 0.367. The molecular formula is C21H29IN4O. The van der Waals surface area contributed by atoms with Gasteiger partial charge in [0.2, 0.25) is 0 Å². The number of aliphatic imine (C=N–C) groups is 1. The van der Waals surface area contributed by atoms with Crippen molar-refractivity contribution in [3.05, 3.63) is 60.2 Å². The van der Waals surface area contributed by atoms with Crippen molar-refractivity contribution >= 4 is 35.6 Å². The monoisotopic (exact) mass is 480 g/mol. The van der Waals surface area contributed by atoms with E-state index in [0.29, 0.717) is 0 Å². The summed E-state index contributed by atoms with van der Waals surface area (Å²) in [5.74, 6) is 1.92. The molecule has 0 radical (unpaired) electrons. The number of nitrogens with zero attached hydrogens (tertiary/aromatic N) is 3. The van der Waals surface area contributed by atoms with Crippen LogP contribution < -0.4 is 15.0 Å². The van der Waals surface area contributed by atoms with E-state index < -0.39 is 0 Å². The molecule has 0 aromatic heterocycles. The first-order valence-electron chi connectivity index (χ1n) is 9.19. The van der Waals surface area contributed by atoms with Crippen LogP contribution >= 0.6 is 24.0 Å². The van der Waals surface area contributed by atoms with E-state index in [4.69, 9.17) is 4.74 Å². The third-order valence-electron chi connectivity index (χ3n) is 4.76. The van der Waals surface area contributed by atoms with Crippen molar-refractivity contribution in [2.24, 2.45) is 4.99 Å². The molecule has 1 aliphatic rings. The zero-order valence-electron chi connectivity index (χ0n) is 16.1. The number of ether oxygens (including phenoxy) is 1. The number of benzene rings is 2. The Bertz CT molecular complexity index is 715. The van der Waals surface area contributed by atoms with Gasteiger partial charge in [-0.15, -0.1) is 24.0 Å². The Morgan fingerprint density at radius 3 is 2.33 bits per heavy atom. The van der Waals surface area contributed by atoms with Gasteiger partial charge in [0.05, 0.1) is 12.8 Å². The van der Waals surface area contributed by atoms with Crippen LogP contribution in [-0.2, 0) is 6.42 Å². The molecule has 1 N–H and O–H groups in total. The van der Waals surface area contributed by atoms with Crippen LogP contribution in [0.1, 0.15) is 5.56 Å². The van der Waals surface area contributed by atoms with Gasteiger partial charge in [0.15, 0.2) is 5.96 Å². The van der Waals surface area contributed by atoms with Gasteiger partial charge in [-0.1, -0.05) is 42.5 Å². The second kappa shape index (κ2) is 11.0. The molecule has 5 nitrogen and oxygen atoms in total. The molecule has 0 unspecified atom stereocenters. The summed E-state index contributed by atoms with van der Waals surface area (Å²) in [6.45, 7) is 4.70. The van der Waals surface area contributed by atoms with Crippen molar-refractivity contribution in [3.8, 4) is 5.75 Å². The predicted octanol–water partition coefficient (Wildman–Crippen LogP) is 3.25. The highest BCUT2D eigenvalue weighted by molar-refractivity contribution is 14.0. The minimum absolute atomic E-state index is 0. The van der Waals surface area contributed by atoms with Crippen LogP contribution in [0.15, 0.2) is 59.6 Å². The van der Waals surface area contributed by atoms with Crippen LogP contribution in [0.5, 0.6) is 5.75 Å². The zero-order chi connectivity index (χ0) is 18.2. The predicted molar refractivity (Wildman–Crippen MR) is 124 cm³/mol. The molecule has 0 aliphatic carbocycles. The van der Waals surface area contributed by atoms with Crippen LogP contribution in [0, 0.1) is 0 Å². The molecule has 1 saturated heterocycles. The maximum atomic E-state index is 5.50. The lowest BCUT2D eigenvalue weighted by Gasteiger charge is -2.38. The van der Waals surface area contributed by atoms with Crippen molar-refractivity contribution in [2.45, 2.75) is 6.42 Å². The van der Waals surface area contributed by atoms with E-state index >= 15 is 0 Å². The van der Waals surface area contributed by atoms with Crippen LogP contribution in [-0.4, -0.2) is 57.7 Å². The lowest BCUT2D eigenvalue weighted by atomic mass is 10.1. The number of hydrogen-bond donors (Lipinski definition) is 1. The largest absolute Gasteiger partial charge is 0.495 e. The molecule has 146 valence electrons. The number of halogens is 1. The van der Waals surface area contributed by atoms with Crippen LogP contribution in [0.3, 0.4) is 0 Å². The second-order valence-corrected chi connectivity index (χ2v) is 6.36. The molecule has 0 bridgehead atoms. The van der Waals surface area contributed by atoms with E-state index in [1.54, 1.807) is 7.11 Å². The Hall–Kier alpha value is -1.96. The number of para-hydroxylation sites is 2. The highest BCUT2D eigenvalue weighted by Crippen LogP contribution is 2.28. The molecule has 1 heterocycles. The van der Waals surface area contributed by atoms with Gasteiger partial charge in [0, 0.05) is 39.8 Å². The first kappa shape index (κ1) is 21.3. The Morgan fingerprint density at radius 2 is 1.67 bits per heavy atom. The summed E-state index contributed by atoms with van der Waals surface area (Å²) in [6.07, 6.45) is 1.00. The molecule has 2 aromatic rings. The molecule has 2 aromatic carbocycles. The van der Waals surface area contributed by atoms with Gasteiger partial charge in [-0.2, -0.15) is 0 Å². The zero-order valence-corrected chi connectivity index (χ0v) is 18.4. The van der Waals surface area contributed by atoms with Crippen molar-refractivity contribution in [2.75, 3.05) is 51.8 Å². The van der Waals surface area contributed by atoms with Crippen molar-refractivity contribution in [1.82, 2.24) is 10.2 Å². The fourth-order valence-electron chi connectivity index (χ4n) is 3.35. The summed E-state index contributed by atoms with van der Waals surface area (Å²) < 4.78 is 5.50. The van der Waals surface area contributed by atoms with Gasteiger partial charge in [0.1, 0.15) is 5.75 Å². The molecule has 0 saturated carbocycles. The number of anilines is 1. The fourth-order valence-corrected chi connectivity index (χ4v) is 3.35. The van der Waals surface area contributed by atoms with E-state index in [-0.39, 0.29) is 24.0 Å². The topological polar surface area (TPSA) is 40.1 Å². The number of nitrogens with one attached hydrogen (secondary N) is 1. The molecule has 3 rings (SSSR count). The van der Waals surface area contributed by atoms with E-state index in [1.807, 2.05) is 19.2 Å². The average molecular weight is 480 g/mol. The van der Waals surface area contributed by atoms with Gasteiger partial charge in [-0.3, -0.25) is 4.99 Å². The quantitative estimate of drug-likeness (QED) is 0.405. The summed E-state index contributed by atoms with van der Waals surface area (Å²) in [4.78, 5) is 9.17. The van der Waals surface area contributed by atoms with Crippen LogP contribution in [0.2, 0.25) is 0 Å². The molecule has 0 amide bonds. The van der Waals surface area contributed by atoms with Gasteiger partial charge < -0.3 is 19.9 Å². The molecule has 1 fully saturated rings. The minimum Gasteiger partial charge on any atom is -0.495 e. The Labute approximate surface area is 179 Å². The van der Waals surface area contributed by atoms with Crippen molar-refractivity contribution < 1.29 is 4.74 Å². The Kier molecular flexibility index (Phi) is 8.71. The van der Waals surface area contributed by atoms with Gasteiger partial charge in [-0.05, 0) is 24.1 Å². The number of guanidine groups is 1. The smallest absolute Gasteiger partial charge is 0.193 e. The molecule has 0 spiro atoms. The lowest BCUT2D eigenvalue weighted by Crippen LogP contribution is -2.52. The number of hydrogen-bond acceptors (Lipinski definition) is 3. The standard InChI is InChI=1S/C21H28N4O.HI/c1-22-21(23-13-12-18-8-4-3-5-9-18)25-16-14-24(15-17-25)19-10-6-7-11-20(19)26-2;/h3-11H,12-17H2,1-2H3,(H,22,23);1H. The van der Waals surface area contributed by atoms with Crippen LogP contribution in [0.25, 0.3) is 0 Å². The first-order chi connectivity index (χ1) is 12.8. The Morgan fingerprint density at radius 1 is 1.00 bits per heavy atom. The molecule has 0 atom stereocenters. The first-order valence-corrected chi connectivity index (χ1v) is 9.19. The van der Waals surface area contributed by atoms with Crippen molar-refractivity contribution in [3.63, 3.8) is 0 Å². The second-order valence-electron chi connectivity index (χ2n) is 6.36. The van der Waals surface area contributed by atoms with Gasteiger partial charge >= 0.3 is 0 Å².